The maximum absolute atomic E-state index is 13.0. The Labute approximate surface area is 249 Å². The lowest BCUT2D eigenvalue weighted by atomic mass is 10.1. The molecule has 0 aliphatic carbocycles. The van der Waals surface area contributed by atoms with Crippen LogP contribution in [0.2, 0.25) is 0 Å². The zero-order chi connectivity index (χ0) is 33.5. The molecule has 0 amide bonds. The van der Waals surface area contributed by atoms with Gasteiger partial charge in [0.1, 0.15) is 18.6 Å². The van der Waals surface area contributed by atoms with E-state index >= 15 is 0 Å². The van der Waals surface area contributed by atoms with Crippen LogP contribution in [0.25, 0.3) is 0 Å². The van der Waals surface area contributed by atoms with Crippen molar-refractivity contribution in [3.63, 3.8) is 0 Å². The molecule has 0 saturated carbocycles. The fourth-order valence-corrected chi connectivity index (χ4v) is 3.70. The lowest BCUT2D eigenvalue weighted by molar-refractivity contribution is -0.144. The van der Waals surface area contributed by atoms with Crippen molar-refractivity contribution in [3.05, 3.63) is 105 Å². The fourth-order valence-electron chi connectivity index (χ4n) is 3.38. The van der Waals surface area contributed by atoms with Crippen LogP contribution in [0.15, 0.2) is 65.8 Å². The highest BCUT2D eigenvalue weighted by atomic mass is 79.9. The van der Waals surface area contributed by atoms with E-state index in [0.717, 1.165) is 12.1 Å². The Morgan fingerprint density at radius 1 is 0.636 bits per heavy atom. The van der Waals surface area contributed by atoms with Gasteiger partial charge in [-0.2, -0.15) is 52.7 Å². The fraction of sp³-hybridized carbons (Fsp3) is 0.296. The topological polar surface area (TPSA) is 30.8 Å². The van der Waals surface area contributed by atoms with Gasteiger partial charge >= 0.3 is 24.7 Å². The maximum atomic E-state index is 13.0. The Morgan fingerprint density at radius 2 is 1.02 bits per heavy atom. The van der Waals surface area contributed by atoms with Gasteiger partial charge in [0.15, 0.2) is 0 Å². The first-order valence-electron chi connectivity index (χ1n) is 11.7. The second kappa shape index (κ2) is 14.6. The third-order valence-corrected chi connectivity index (χ3v) is 5.98. The van der Waals surface area contributed by atoms with Crippen LogP contribution in [0.4, 0.5) is 57.1 Å². The van der Waals surface area contributed by atoms with E-state index in [-0.39, 0.29) is 40.9 Å². The van der Waals surface area contributed by atoms with Crippen molar-refractivity contribution in [2.75, 3.05) is 13.7 Å². The molecule has 0 aliphatic rings. The smallest absolute Gasteiger partial charge is 0.399 e. The van der Waals surface area contributed by atoms with E-state index in [2.05, 4.69) is 25.9 Å². The number of alkyl halides is 13. The molecule has 0 atom stereocenters. The molecule has 0 spiro atoms. The third kappa shape index (κ3) is 11.3. The highest BCUT2D eigenvalue weighted by molar-refractivity contribution is 9.08. The highest BCUT2D eigenvalue weighted by Crippen LogP contribution is 2.38. The molecular formula is C27H19BrF13NO2. The van der Waals surface area contributed by atoms with Crippen LogP contribution in [0, 0.1) is 5.82 Å². The number of benzene rings is 3. The molecule has 0 bridgehead atoms. The molecule has 242 valence electrons. The molecule has 0 radical (unpaired) electrons. The molecule has 0 fully saturated rings. The summed E-state index contributed by atoms with van der Waals surface area (Å²) in [6.45, 7) is -0.812. The molecule has 3 aromatic carbocycles. The van der Waals surface area contributed by atoms with Crippen LogP contribution >= 0.6 is 15.9 Å². The maximum Gasteiger partial charge on any atom is 0.416 e. The zero-order valence-corrected chi connectivity index (χ0v) is 23.5. The van der Waals surface area contributed by atoms with Gasteiger partial charge in [0, 0.05) is 10.9 Å². The molecule has 44 heavy (non-hydrogen) atoms. The predicted octanol–water partition coefficient (Wildman–Crippen LogP) is 10.0. The average Bonchev–Trinajstić information content (AvgIpc) is 2.91. The van der Waals surface area contributed by atoms with E-state index < -0.39 is 59.4 Å². The number of nitrogens with zero attached hydrogens (tertiary/aromatic N) is 1. The molecule has 3 rings (SSSR count). The van der Waals surface area contributed by atoms with Crippen LogP contribution in [0.3, 0.4) is 0 Å². The van der Waals surface area contributed by atoms with Crippen LogP contribution in [0.1, 0.15) is 38.9 Å². The van der Waals surface area contributed by atoms with E-state index in [4.69, 9.17) is 4.74 Å². The van der Waals surface area contributed by atoms with Crippen LogP contribution in [-0.4, -0.2) is 19.4 Å². The summed E-state index contributed by atoms with van der Waals surface area (Å²) in [4.78, 5) is 4.64. The summed E-state index contributed by atoms with van der Waals surface area (Å²) < 4.78 is 169. The van der Waals surface area contributed by atoms with Crippen molar-refractivity contribution in [3.8, 4) is 0 Å². The number of hydrogen-bond donors (Lipinski definition) is 0. The van der Waals surface area contributed by atoms with Crippen LogP contribution in [0.5, 0.6) is 0 Å². The van der Waals surface area contributed by atoms with Gasteiger partial charge in [-0.15, -0.1) is 0 Å². The monoisotopic (exact) mass is 715 g/mol. The van der Waals surface area contributed by atoms with Crippen molar-refractivity contribution >= 4 is 21.6 Å². The summed E-state index contributed by atoms with van der Waals surface area (Å²) in [6.07, 6.45) is -19.4. The minimum atomic E-state index is -4.94. The second-order valence-electron chi connectivity index (χ2n) is 8.68. The molecule has 3 nitrogen and oxygen atoms in total. The van der Waals surface area contributed by atoms with Gasteiger partial charge in [0.25, 0.3) is 0 Å². The van der Waals surface area contributed by atoms with Gasteiger partial charge in [-0.1, -0.05) is 33.2 Å². The largest absolute Gasteiger partial charge is 0.416 e. The number of ether oxygens (including phenoxy) is 1. The van der Waals surface area contributed by atoms with Crippen molar-refractivity contribution in [2.45, 2.75) is 36.6 Å². The average molecular weight is 716 g/mol. The molecule has 0 heterocycles. The Bertz CT molecular complexity index is 1350. The third-order valence-electron chi connectivity index (χ3n) is 5.34. The Hall–Kier alpha value is -3.34. The Kier molecular flexibility index (Phi) is 12.2. The lowest BCUT2D eigenvalue weighted by Gasteiger charge is -2.14. The van der Waals surface area contributed by atoms with E-state index in [0.29, 0.717) is 29.8 Å². The minimum Gasteiger partial charge on any atom is -0.399 e. The van der Waals surface area contributed by atoms with Crippen molar-refractivity contribution in [2.24, 2.45) is 5.16 Å². The van der Waals surface area contributed by atoms with Crippen molar-refractivity contribution < 1.29 is 66.6 Å². The first-order chi connectivity index (χ1) is 20.1. The summed E-state index contributed by atoms with van der Waals surface area (Å²) >= 11 is 2.82. The number of halogens is 14. The first-order valence-corrected chi connectivity index (χ1v) is 12.8. The molecule has 17 heteroatoms. The van der Waals surface area contributed by atoms with Crippen molar-refractivity contribution in [1.29, 1.82) is 0 Å². The molecule has 0 aromatic heterocycles. The number of oxime groups is 1. The number of hydrogen-bond acceptors (Lipinski definition) is 3. The van der Waals surface area contributed by atoms with Gasteiger partial charge in [-0.25, -0.2) is 4.39 Å². The first kappa shape index (κ1) is 36.8. The summed E-state index contributed by atoms with van der Waals surface area (Å²) in [5.74, 6) is -0.495. The van der Waals surface area contributed by atoms with Gasteiger partial charge in [-0.3, -0.25) is 0 Å². The quantitative estimate of drug-likeness (QED) is 0.106. The van der Waals surface area contributed by atoms with Crippen molar-refractivity contribution in [1.82, 2.24) is 0 Å². The van der Waals surface area contributed by atoms with E-state index in [9.17, 15) is 57.1 Å². The van der Waals surface area contributed by atoms with E-state index in [1.165, 1.54) is 19.2 Å². The zero-order valence-electron chi connectivity index (χ0n) is 22.0. The number of rotatable bonds is 7. The standard InChI is InChI=1S/C18H14F7NO2.C9H5BrF6/c1-27-26-16(12-2-4-15(19)5-3-12)10-28-9-11-6-13(17(20,21)22)8-14(7-11)18(23,24)25;10-4-5-1-6(8(11,12)13)3-7(2-5)9(14,15)16/h2-8H,9-10H2,1H3;1-3H,4H2/b26-16+;. The molecule has 0 saturated heterocycles. The SMILES string of the molecule is CO/N=C(\COCc1cc(C(F)(F)F)cc(C(F)(F)F)c1)c1ccc(F)cc1.FC(F)(F)c1cc(CBr)cc(C(F)(F)F)c1. The highest BCUT2D eigenvalue weighted by Gasteiger charge is 2.38. The van der Waals surface area contributed by atoms with Gasteiger partial charge in [-0.05, 0) is 59.7 Å². The summed E-state index contributed by atoms with van der Waals surface area (Å²) in [6, 6.07) is 7.75. The summed E-state index contributed by atoms with van der Waals surface area (Å²) in [7, 11) is 1.24. The molecule has 3 aromatic rings. The summed E-state index contributed by atoms with van der Waals surface area (Å²) in [5, 5.41) is 3.61. The normalized spacial score (nSPS) is 12.9. The predicted molar refractivity (Wildman–Crippen MR) is 135 cm³/mol. The Balaban J connectivity index is 0.000000358. The summed E-state index contributed by atoms with van der Waals surface area (Å²) in [5.41, 5.74) is -5.21. The van der Waals surface area contributed by atoms with Gasteiger partial charge in [0.05, 0.1) is 35.5 Å². The van der Waals surface area contributed by atoms with E-state index in [1.807, 2.05) is 0 Å². The Morgan fingerprint density at radius 3 is 1.36 bits per heavy atom. The van der Waals surface area contributed by atoms with Crippen LogP contribution in [-0.2, 0) is 46.2 Å². The van der Waals surface area contributed by atoms with Gasteiger partial charge in [0.2, 0.25) is 0 Å². The van der Waals surface area contributed by atoms with Gasteiger partial charge < -0.3 is 9.57 Å². The molecular weight excluding hydrogens is 697 g/mol. The lowest BCUT2D eigenvalue weighted by Crippen LogP contribution is -2.14. The molecule has 0 N–H and O–H groups in total. The minimum absolute atomic E-state index is 0.0415. The molecule has 0 aliphatic heterocycles. The molecule has 0 unspecified atom stereocenters. The second-order valence-corrected chi connectivity index (χ2v) is 9.24. The van der Waals surface area contributed by atoms with E-state index in [1.54, 1.807) is 0 Å². The van der Waals surface area contributed by atoms with Crippen LogP contribution < -0.4 is 0 Å².